The summed E-state index contributed by atoms with van der Waals surface area (Å²) in [5.41, 5.74) is -0.489. The molecule has 0 aromatic rings. The molecule has 1 aliphatic heterocycles. The number of rotatable bonds is 14. The molecular formula is C28H55N5O5. The molecule has 38 heavy (non-hydrogen) atoms. The van der Waals surface area contributed by atoms with Crippen LogP contribution in [0.15, 0.2) is 0 Å². The molecule has 0 unspecified atom stereocenters. The molecule has 0 aromatic heterocycles. The fourth-order valence-electron chi connectivity index (χ4n) is 4.23. The van der Waals surface area contributed by atoms with Crippen LogP contribution in [0.4, 0.5) is 4.79 Å². The molecule has 0 aliphatic carbocycles. The van der Waals surface area contributed by atoms with Crippen LogP contribution in [0, 0.1) is 0 Å². The van der Waals surface area contributed by atoms with Crippen LogP contribution in [-0.2, 0) is 19.1 Å². The van der Waals surface area contributed by atoms with Gasteiger partial charge in [-0.2, -0.15) is 0 Å². The Morgan fingerprint density at radius 1 is 0.789 bits per heavy atom. The molecule has 0 atom stereocenters. The highest BCUT2D eigenvalue weighted by Crippen LogP contribution is 2.12. The summed E-state index contributed by atoms with van der Waals surface area (Å²) in [6.07, 6.45) is 3.39. The van der Waals surface area contributed by atoms with E-state index in [4.69, 9.17) is 4.74 Å². The van der Waals surface area contributed by atoms with Crippen molar-refractivity contribution in [2.24, 2.45) is 0 Å². The first-order valence-electron chi connectivity index (χ1n) is 13.8. The zero-order chi connectivity index (χ0) is 28.0. The SMILES string of the molecule is C.CCCC(=O)N(CCCN(C)C(C)=O)CCCN(CCCN1CCN(C(=O)OC(C)(C)C)CC1)C(C)=O. The van der Waals surface area contributed by atoms with Gasteiger partial charge in [-0.3, -0.25) is 19.3 Å². The number of amides is 4. The molecule has 1 rings (SSSR count). The molecule has 4 amide bonds. The standard InChI is InChI=1S/C27H51N5O5.CH4/c1-8-12-25(35)31(17-9-13-28(7)23(2)33)18-11-16-30(24(3)34)15-10-14-29-19-21-32(22-20-29)26(36)37-27(4,5)6;/h8-22H2,1-7H3;1H4. The quantitative estimate of drug-likeness (QED) is 0.335. The zero-order valence-electron chi connectivity index (χ0n) is 24.4. The largest absolute Gasteiger partial charge is 0.444 e. The predicted molar refractivity (Wildman–Crippen MR) is 152 cm³/mol. The highest BCUT2D eigenvalue weighted by molar-refractivity contribution is 5.76. The van der Waals surface area contributed by atoms with Gasteiger partial charge in [-0.15, -0.1) is 0 Å². The Balaban J connectivity index is 0.0000137. The van der Waals surface area contributed by atoms with Crippen molar-refractivity contribution >= 4 is 23.8 Å². The second kappa shape index (κ2) is 18.0. The summed E-state index contributed by atoms with van der Waals surface area (Å²) in [4.78, 5) is 57.9. The molecule has 0 radical (unpaired) electrons. The number of carbonyl (C=O) groups is 4. The first kappa shape index (κ1) is 35.6. The lowest BCUT2D eigenvalue weighted by molar-refractivity contribution is -0.131. The molecule has 0 bridgehead atoms. The minimum Gasteiger partial charge on any atom is -0.444 e. The van der Waals surface area contributed by atoms with Crippen LogP contribution in [0.3, 0.4) is 0 Å². The van der Waals surface area contributed by atoms with Crippen molar-refractivity contribution in [3.05, 3.63) is 0 Å². The maximum Gasteiger partial charge on any atom is 0.410 e. The van der Waals surface area contributed by atoms with E-state index >= 15 is 0 Å². The van der Waals surface area contributed by atoms with Gasteiger partial charge in [-0.1, -0.05) is 14.4 Å². The van der Waals surface area contributed by atoms with Crippen molar-refractivity contribution in [1.29, 1.82) is 0 Å². The zero-order valence-corrected chi connectivity index (χ0v) is 24.4. The van der Waals surface area contributed by atoms with E-state index in [0.29, 0.717) is 52.2 Å². The lowest BCUT2D eigenvalue weighted by atomic mass is 10.2. The molecule has 222 valence electrons. The first-order chi connectivity index (χ1) is 17.3. The maximum atomic E-state index is 12.6. The molecule has 0 saturated carbocycles. The van der Waals surface area contributed by atoms with Crippen LogP contribution in [-0.4, -0.2) is 126 Å². The molecule has 1 fully saturated rings. The normalized spacial score (nSPS) is 13.9. The summed E-state index contributed by atoms with van der Waals surface area (Å²) in [6.45, 7) is 17.7. The molecule has 1 heterocycles. The highest BCUT2D eigenvalue weighted by Gasteiger charge is 2.25. The minimum absolute atomic E-state index is 0. The molecule has 1 saturated heterocycles. The smallest absolute Gasteiger partial charge is 0.410 e. The van der Waals surface area contributed by atoms with Crippen molar-refractivity contribution in [3.63, 3.8) is 0 Å². The van der Waals surface area contributed by atoms with Crippen LogP contribution in [0.1, 0.15) is 81.1 Å². The van der Waals surface area contributed by atoms with Crippen LogP contribution in [0.2, 0.25) is 0 Å². The van der Waals surface area contributed by atoms with Crippen molar-refractivity contribution in [3.8, 4) is 0 Å². The monoisotopic (exact) mass is 541 g/mol. The third-order valence-corrected chi connectivity index (χ3v) is 6.50. The Hall–Kier alpha value is -2.36. The second-order valence-electron chi connectivity index (χ2n) is 10.9. The number of ether oxygens (including phenoxy) is 1. The van der Waals surface area contributed by atoms with Gasteiger partial charge in [0.15, 0.2) is 0 Å². The van der Waals surface area contributed by atoms with Crippen molar-refractivity contribution in [2.75, 3.05) is 72.5 Å². The van der Waals surface area contributed by atoms with E-state index in [1.54, 1.807) is 30.7 Å². The number of hydrogen-bond donors (Lipinski definition) is 0. The summed E-state index contributed by atoms with van der Waals surface area (Å²) in [6, 6.07) is 0. The fraction of sp³-hybridized carbons (Fsp3) is 0.857. The summed E-state index contributed by atoms with van der Waals surface area (Å²) in [5, 5.41) is 0. The average Bonchev–Trinajstić information content (AvgIpc) is 2.81. The molecule has 0 N–H and O–H groups in total. The van der Waals surface area contributed by atoms with Gasteiger partial charge >= 0.3 is 6.09 Å². The Morgan fingerprint density at radius 2 is 1.32 bits per heavy atom. The Morgan fingerprint density at radius 3 is 1.82 bits per heavy atom. The third-order valence-electron chi connectivity index (χ3n) is 6.50. The summed E-state index contributed by atoms with van der Waals surface area (Å²) in [5.74, 6) is 0.200. The molecular weight excluding hydrogens is 486 g/mol. The number of piperazine rings is 1. The van der Waals surface area contributed by atoms with Gasteiger partial charge in [-0.05, 0) is 53.0 Å². The lowest BCUT2D eigenvalue weighted by Crippen LogP contribution is -2.50. The van der Waals surface area contributed by atoms with Gasteiger partial charge in [-0.25, -0.2) is 4.79 Å². The predicted octanol–water partition coefficient (Wildman–Crippen LogP) is 3.30. The van der Waals surface area contributed by atoms with Crippen LogP contribution in [0.5, 0.6) is 0 Å². The van der Waals surface area contributed by atoms with Crippen LogP contribution < -0.4 is 0 Å². The van der Waals surface area contributed by atoms with Gasteiger partial charge in [0.2, 0.25) is 17.7 Å². The van der Waals surface area contributed by atoms with E-state index in [1.807, 2.05) is 37.5 Å². The van der Waals surface area contributed by atoms with Gasteiger partial charge in [0.25, 0.3) is 0 Å². The second-order valence-corrected chi connectivity index (χ2v) is 10.9. The molecule has 10 nitrogen and oxygen atoms in total. The lowest BCUT2D eigenvalue weighted by Gasteiger charge is -2.35. The average molecular weight is 542 g/mol. The molecule has 10 heteroatoms. The summed E-state index contributed by atoms with van der Waals surface area (Å²) in [7, 11) is 1.77. The first-order valence-corrected chi connectivity index (χ1v) is 13.8. The Kier molecular flexibility index (Phi) is 16.9. The van der Waals surface area contributed by atoms with E-state index in [2.05, 4.69) is 4.90 Å². The van der Waals surface area contributed by atoms with E-state index < -0.39 is 5.60 Å². The number of nitrogens with zero attached hydrogens (tertiary/aromatic N) is 5. The maximum absolute atomic E-state index is 12.6. The highest BCUT2D eigenvalue weighted by atomic mass is 16.6. The van der Waals surface area contributed by atoms with E-state index in [0.717, 1.165) is 45.3 Å². The van der Waals surface area contributed by atoms with Crippen molar-refractivity contribution in [1.82, 2.24) is 24.5 Å². The number of carbonyl (C=O) groups excluding carboxylic acids is 4. The Labute approximate surface area is 231 Å². The Bertz CT molecular complexity index is 732. The third kappa shape index (κ3) is 14.5. The number of hydrogen-bond acceptors (Lipinski definition) is 6. The van der Waals surface area contributed by atoms with Crippen LogP contribution >= 0.6 is 0 Å². The van der Waals surface area contributed by atoms with Gasteiger partial charge in [0.1, 0.15) is 5.60 Å². The van der Waals surface area contributed by atoms with Gasteiger partial charge in [0.05, 0.1) is 0 Å². The van der Waals surface area contributed by atoms with E-state index in [1.165, 1.54) is 0 Å². The molecule has 0 spiro atoms. The minimum atomic E-state index is -0.489. The molecule has 0 aromatic carbocycles. The molecule has 1 aliphatic rings. The van der Waals surface area contributed by atoms with E-state index in [-0.39, 0.29) is 31.2 Å². The topological polar surface area (TPSA) is 93.7 Å². The van der Waals surface area contributed by atoms with E-state index in [9.17, 15) is 19.2 Å². The summed E-state index contributed by atoms with van der Waals surface area (Å²) >= 11 is 0. The fourth-order valence-corrected chi connectivity index (χ4v) is 4.23. The van der Waals surface area contributed by atoms with Gasteiger partial charge < -0.3 is 24.3 Å². The van der Waals surface area contributed by atoms with Crippen molar-refractivity contribution in [2.45, 2.75) is 86.7 Å². The van der Waals surface area contributed by atoms with Crippen LogP contribution in [0.25, 0.3) is 0 Å². The van der Waals surface area contributed by atoms with Crippen molar-refractivity contribution < 1.29 is 23.9 Å². The summed E-state index contributed by atoms with van der Waals surface area (Å²) < 4.78 is 5.46. The van der Waals surface area contributed by atoms with Gasteiger partial charge in [0, 0.05) is 86.2 Å².